The molecule has 1 saturated heterocycles. The number of nitrogens with one attached hydrogen (secondary N) is 1. The highest BCUT2D eigenvalue weighted by Gasteiger charge is 2.12. The summed E-state index contributed by atoms with van der Waals surface area (Å²) in [5.41, 5.74) is 2.90. The van der Waals surface area contributed by atoms with Gasteiger partial charge in [0, 0.05) is 18.7 Å². The van der Waals surface area contributed by atoms with Crippen LogP contribution in [0.5, 0.6) is 0 Å². The highest BCUT2D eigenvalue weighted by Crippen LogP contribution is 2.17. The number of anilines is 1. The molecular weight excluding hydrogens is 362 g/mol. The summed E-state index contributed by atoms with van der Waals surface area (Å²) in [7, 11) is -3.69. The molecule has 2 aromatic carbocycles. The van der Waals surface area contributed by atoms with Crippen LogP contribution < -0.4 is 10.5 Å². The summed E-state index contributed by atoms with van der Waals surface area (Å²) in [5, 5.41) is 8.02. The maximum Gasteiger partial charge on any atom is 0.238 e. The average Bonchev–Trinajstić information content (AvgIpc) is 3.13. The van der Waals surface area contributed by atoms with E-state index in [1.54, 1.807) is 12.1 Å². The normalized spacial score (nSPS) is 15.0. The lowest BCUT2D eigenvalue weighted by molar-refractivity contribution is -0.116. The number of rotatable bonds is 7. The number of amides is 1. The Labute approximate surface area is 160 Å². The third-order valence-corrected chi connectivity index (χ3v) is 5.64. The Kier molecular flexibility index (Phi) is 6.26. The number of nitrogens with zero attached hydrogens (tertiary/aromatic N) is 1. The van der Waals surface area contributed by atoms with E-state index in [-0.39, 0.29) is 10.8 Å². The van der Waals surface area contributed by atoms with Gasteiger partial charge in [0.1, 0.15) is 0 Å². The van der Waals surface area contributed by atoms with Crippen LogP contribution in [0.15, 0.2) is 53.4 Å². The van der Waals surface area contributed by atoms with E-state index in [1.165, 1.54) is 30.5 Å². The molecule has 27 heavy (non-hydrogen) atoms. The van der Waals surface area contributed by atoms with E-state index < -0.39 is 10.0 Å². The fourth-order valence-electron chi connectivity index (χ4n) is 3.27. The van der Waals surface area contributed by atoms with Crippen LogP contribution in [0.2, 0.25) is 0 Å². The van der Waals surface area contributed by atoms with Gasteiger partial charge in [-0.15, -0.1) is 0 Å². The van der Waals surface area contributed by atoms with Gasteiger partial charge in [-0.1, -0.05) is 24.3 Å². The molecule has 0 bridgehead atoms. The molecule has 3 rings (SSSR count). The summed E-state index contributed by atoms with van der Waals surface area (Å²) in [6.07, 6.45) is 3.37. The lowest BCUT2D eigenvalue weighted by Gasteiger charge is -2.15. The van der Waals surface area contributed by atoms with Crippen molar-refractivity contribution in [1.29, 1.82) is 0 Å². The summed E-state index contributed by atoms with van der Waals surface area (Å²) in [6, 6.07) is 14.3. The molecule has 1 aliphatic heterocycles. The third kappa shape index (κ3) is 5.89. The van der Waals surface area contributed by atoms with E-state index in [4.69, 9.17) is 5.14 Å². The van der Waals surface area contributed by atoms with Gasteiger partial charge in [-0.05, 0) is 67.7 Å². The van der Waals surface area contributed by atoms with Crippen molar-refractivity contribution in [2.75, 3.05) is 18.4 Å². The number of benzene rings is 2. The summed E-state index contributed by atoms with van der Waals surface area (Å²) in [6.45, 7) is 3.20. The van der Waals surface area contributed by atoms with E-state index in [1.807, 2.05) is 18.2 Å². The van der Waals surface area contributed by atoms with Gasteiger partial charge in [0.05, 0.1) is 4.90 Å². The van der Waals surface area contributed by atoms with Crippen LogP contribution in [0.1, 0.15) is 30.4 Å². The van der Waals surface area contributed by atoms with E-state index in [0.717, 1.165) is 30.9 Å². The highest BCUT2D eigenvalue weighted by molar-refractivity contribution is 7.89. The zero-order valence-corrected chi connectivity index (χ0v) is 16.0. The number of carbonyl (C=O) groups is 1. The zero-order chi connectivity index (χ0) is 19.3. The van der Waals surface area contributed by atoms with E-state index in [2.05, 4.69) is 16.3 Å². The van der Waals surface area contributed by atoms with Crippen molar-refractivity contribution in [2.24, 2.45) is 5.14 Å². The first-order chi connectivity index (χ1) is 12.9. The Morgan fingerprint density at radius 3 is 2.41 bits per heavy atom. The van der Waals surface area contributed by atoms with Crippen molar-refractivity contribution in [1.82, 2.24) is 4.90 Å². The summed E-state index contributed by atoms with van der Waals surface area (Å²) in [5.74, 6) is -0.0659. The van der Waals surface area contributed by atoms with Crippen molar-refractivity contribution in [3.05, 3.63) is 59.7 Å². The van der Waals surface area contributed by atoms with Gasteiger partial charge in [0.15, 0.2) is 0 Å². The maximum atomic E-state index is 12.2. The Bertz CT molecular complexity index is 889. The lowest BCUT2D eigenvalue weighted by atomic mass is 10.1. The first-order valence-electron chi connectivity index (χ1n) is 9.13. The predicted molar refractivity (Wildman–Crippen MR) is 106 cm³/mol. The largest absolute Gasteiger partial charge is 0.326 e. The smallest absolute Gasteiger partial charge is 0.238 e. The lowest BCUT2D eigenvalue weighted by Crippen LogP contribution is -2.18. The van der Waals surface area contributed by atoms with Crippen LogP contribution in [0.3, 0.4) is 0 Å². The molecule has 1 heterocycles. The number of carbonyl (C=O) groups excluding carboxylic acids is 1. The molecule has 7 heteroatoms. The monoisotopic (exact) mass is 387 g/mol. The highest BCUT2D eigenvalue weighted by atomic mass is 32.2. The third-order valence-electron chi connectivity index (χ3n) is 4.71. The van der Waals surface area contributed by atoms with Crippen molar-refractivity contribution in [3.63, 3.8) is 0 Å². The molecule has 144 valence electrons. The van der Waals surface area contributed by atoms with E-state index >= 15 is 0 Å². The Hall–Kier alpha value is -2.22. The molecule has 2 aromatic rings. The Balaban J connectivity index is 1.51. The second-order valence-corrected chi connectivity index (χ2v) is 8.48. The molecule has 1 aliphatic rings. The summed E-state index contributed by atoms with van der Waals surface area (Å²) in [4.78, 5) is 14.7. The fraction of sp³-hybridized carbons (Fsp3) is 0.350. The molecule has 0 radical (unpaired) electrons. The molecule has 3 N–H and O–H groups in total. The predicted octanol–water partition coefficient (Wildman–Crippen LogP) is 2.50. The minimum absolute atomic E-state index is 0.0659. The zero-order valence-electron chi connectivity index (χ0n) is 15.2. The topological polar surface area (TPSA) is 92.5 Å². The van der Waals surface area contributed by atoms with Gasteiger partial charge < -0.3 is 5.32 Å². The van der Waals surface area contributed by atoms with Crippen LogP contribution in [0, 0.1) is 0 Å². The van der Waals surface area contributed by atoms with Crippen LogP contribution in [0.25, 0.3) is 0 Å². The number of sulfonamides is 1. The summed E-state index contributed by atoms with van der Waals surface area (Å²) >= 11 is 0. The van der Waals surface area contributed by atoms with Crippen LogP contribution in [-0.2, 0) is 27.8 Å². The van der Waals surface area contributed by atoms with Gasteiger partial charge in [-0.2, -0.15) is 0 Å². The number of aryl methyl sites for hydroxylation is 1. The Morgan fingerprint density at radius 1 is 1.04 bits per heavy atom. The molecule has 0 unspecified atom stereocenters. The van der Waals surface area contributed by atoms with Crippen molar-refractivity contribution in [3.8, 4) is 0 Å². The van der Waals surface area contributed by atoms with Crippen LogP contribution in [-0.4, -0.2) is 32.3 Å². The molecule has 0 spiro atoms. The van der Waals surface area contributed by atoms with Gasteiger partial charge in [-0.3, -0.25) is 9.69 Å². The molecule has 6 nitrogen and oxygen atoms in total. The molecule has 0 atom stereocenters. The number of hydrogen-bond donors (Lipinski definition) is 2. The van der Waals surface area contributed by atoms with Crippen LogP contribution in [0.4, 0.5) is 5.69 Å². The number of likely N-dealkylation sites (tertiary alicyclic amines) is 1. The first-order valence-corrected chi connectivity index (χ1v) is 10.7. The SMILES string of the molecule is NS(=O)(=O)c1ccc(CCC(=O)Nc2cccc(CN3CCCC3)c2)cc1. The number of nitrogens with two attached hydrogens (primary N) is 1. The van der Waals surface area contributed by atoms with Gasteiger partial charge in [0.2, 0.25) is 15.9 Å². The van der Waals surface area contributed by atoms with Crippen LogP contribution >= 0.6 is 0 Å². The Morgan fingerprint density at radius 2 is 1.74 bits per heavy atom. The van der Waals surface area contributed by atoms with E-state index in [0.29, 0.717) is 12.8 Å². The minimum atomic E-state index is -3.69. The van der Waals surface area contributed by atoms with Crippen molar-refractivity contribution < 1.29 is 13.2 Å². The van der Waals surface area contributed by atoms with E-state index in [9.17, 15) is 13.2 Å². The molecule has 1 amide bonds. The van der Waals surface area contributed by atoms with Crippen molar-refractivity contribution in [2.45, 2.75) is 37.1 Å². The van der Waals surface area contributed by atoms with Crippen molar-refractivity contribution >= 4 is 21.6 Å². The standard InChI is InChI=1S/C20H25N3O3S/c21-27(25,26)19-9-6-16(7-10-19)8-11-20(24)22-18-5-3-4-17(14-18)15-23-12-1-2-13-23/h3-7,9-10,14H,1-2,8,11-13,15H2,(H,22,24)(H2,21,25,26). The molecule has 0 saturated carbocycles. The van der Waals surface area contributed by atoms with Gasteiger partial charge in [0.25, 0.3) is 0 Å². The molecule has 1 fully saturated rings. The fourth-order valence-corrected chi connectivity index (χ4v) is 3.79. The molecular formula is C20H25N3O3S. The minimum Gasteiger partial charge on any atom is -0.326 e. The average molecular weight is 388 g/mol. The second kappa shape index (κ2) is 8.65. The maximum absolute atomic E-state index is 12.2. The summed E-state index contributed by atoms with van der Waals surface area (Å²) < 4.78 is 22.5. The molecule has 0 aliphatic carbocycles. The second-order valence-electron chi connectivity index (χ2n) is 6.92. The van der Waals surface area contributed by atoms with Gasteiger partial charge >= 0.3 is 0 Å². The number of hydrogen-bond acceptors (Lipinski definition) is 4. The van der Waals surface area contributed by atoms with Gasteiger partial charge in [-0.25, -0.2) is 13.6 Å². The quantitative estimate of drug-likeness (QED) is 0.763. The number of primary sulfonamides is 1. The molecule has 0 aromatic heterocycles. The first kappa shape index (κ1) is 19.5.